The van der Waals surface area contributed by atoms with Crippen LogP contribution in [0, 0.1) is 5.92 Å². The van der Waals surface area contributed by atoms with E-state index in [0.717, 1.165) is 0 Å². The lowest BCUT2D eigenvalue weighted by molar-refractivity contribution is 0.185. The van der Waals surface area contributed by atoms with Gasteiger partial charge in [-0.25, -0.2) is 8.42 Å². The number of hydrogen-bond donors (Lipinski definition) is 1. The van der Waals surface area contributed by atoms with E-state index < -0.39 is 14.6 Å². The molecule has 0 aromatic rings. The highest BCUT2D eigenvalue weighted by molar-refractivity contribution is 7.92. The fourth-order valence-corrected chi connectivity index (χ4v) is 1.88. The Labute approximate surface area is 93.2 Å². The number of sulfone groups is 1. The molecule has 1 unspecified atom stereocenters. The predicted molar refractivity (Wildman–Crippen MR) is 62.7 cm³/mol. The highest BCUT2D eigenvalue weighted by Gasteiger charge is 2.31. The van der Waals surface area contributed by atoms with Crippen LogP contribution in [-0.4, -0.2) is 56.2 Å². The Morgan fingerprint density at radius 3 is 2.20 bits per heavy atom. The average molecular weight is 237 g/mol. The lowest BCUT2D eigenvalue weighted by Gasteiger charge is -2.29. The van der Waals surface area contributed by atoms with Crippen molar-refractivity contribution in [3.05, 3.63) is 0 Å². The highest BCUT2D eigenvalue weighted by Crippen LogP contribution is 2.16. The van der Waals surface area contributed by atoms with Crippen molar-refractivity contribution in [1.29, 1.82) is 0 Å². The molecule has 0 radical (unpaired) electrons. The second kappa shape index (κ2) is 5.27. The normalized spacial score (nSPS) is 15.7. The van der Waals surface area contributed by atoms with Gasteiger partial charge in [-0.2, -0.15) is 0 Å². The number of nitrogens with zero attached hydrogens (tertiary/aromatic N) is 1. The van der Waals surface area contributed by atoms with Gasteiger partial charge in [0.25, 0.3) is 0 Å². The molecule has 1 N–H and O–H groups in total. The van der Waals surface area contributed by atoms with Gasteiger partial charge in [0, 0.05) is 26.0 Å². The van der Waals surface area contributed by atoms with Crippen LogP contribution in [-0.2, 0) is 9.84 Å². The Morgan fingerprint density at radius 1 is 1.40 bits per heavy atom. The summed E-state index contributed by atoms with van der Waals surface area (Å²) in [4.78, 5) is 1.95. The predicted octanol–water partition coefficient (Wildman–Crippen LogP) is 0.370. The molecular formula is C10H23NO3S. The first kappa shape index (κ1) is 14.9. The van der Waals surface area contributed by atoms with Gasteiger partial charge in [-0.15, -0.1) is 0 Å². The molecule has 4 nitrogen and oxygen atoms in total. The van der Waals surface area contributed by atoms with Crippen molar-refractivity contribution in [2.24, 2.45) is 5.92 Å². The van der Waals surface area contributed by atoms with Crippen LogP contribution in [0.15, 0.2) is 0 Å². The molecule has 0 aliphatic carbocycles. The van der Waals surface area contributed by atoms with Crippen LogP contribution in [0.1, 0.15) is 20.8 Å². The van der Waals surface area contributed by atoms with E-state index in [0.29, 0.717) is 13.1 Å². The van der Waals surface area contributed by atoms with Crippen LogP contribution in [0.2, 0.25) is 0 Å². The Kier molecular flexibility index (Phi) is 5.23. The molecule has 0 aromatic heterocycles. The Bertz CT molecular complexity index is 285. The first-order valence-electron chi connectivity index (χ1n) is 5.09. The van der Waals surface area contributed by atoms with E-state index >= 15 is 0 Å². The van der Waals surface area contributed by atoms with Crippen LogP contribution < -0.4 is 0 Å². The maximum Gasteiger partial charge on any atom is 0.153 e. The number of rotatable bonds is 6. The second-order valence-electron chi connectivity index (χ2n) is 5.02. The molecule has 0 saturated heterocycles. The van der Waals surface area contributed by atoms with Gasteiger partial charge in [-0.1, -0.05) is 6.92 Å². The summed E-state index contributed by atoms with van der Waals surface area (Å²) in [6.45, 7) is 6.70. The number of aliphatic hydroxyl groups excluding tert-OH is 1. The standard InChI is InChI=1S/C10H23NO3S/c1-9(7-12)6-11(4)8-10(2,3)15(5,13)14/h9,12H,6-8H2,1-5H3. The van der Waals surface area contributed by atoms with E-state index in [9.17, 15) is 8.42 Å². The van der Waals surface area contributed by atoms with Crippen molar-refractivity contribution in [2.45, 2.75) is 25.5 Å². The Morgan fingerprint density at radius 2 is 1.87 bits per heavy atom. The van der Waals surface area contributed by atoms with Gasteiger partial charge < -0.3 is 10.0 Å². The fraction of sp³-hybridized carbons (Fsp3) is 1.00. The maximum absolute atomic E-state index is 11.5. The molecule has 0 amide bonds. The first-order chi connectivity index (χ1) is 6.60. The van der Waals surface area contributed by atoms with Crippen LogP contribution in [0.25, 0.3) is 0 Å². The average Bonchev–Trinajstić information content (AvgIpc) is 2.00. The van der Waals surface area contributed by atoms with Gasteiger partial charge in [-0.05, 0) is 26.8 Å². The summed E-state index contributed by atoms with van der Waals surface area (Å²) in [5, 5.41) is 8.90. The zero-order chi connectivity index (χ0) is 12.3. The van der Waals surface area contributed by atoms with Gasteiger partial charge in [0.1, 0.15) is 0 Å². The van der Waals surface area contributed by atoms with Crippen LogP contribution in [0.3, 0.4) is 0 Å². The SMILES string of the molecule is CC(CO)CN(C)CC(C)(C)S(C)(=O)=O. The molecule has 0 saturated carbocycles. The van der Waals surface area contributed by atoms with Gasteiger partial charge >= 0.3 is 0 Å². The van der Waals surface area contributed by atoms with Gasteiger partial charge in [-0.3, -0.25) is 0 Å². The molecule has 0 aromatic carbocycles. The molecule has 0 bridgehead atoms. The molecule has 1 atom stereocenters. The molecule has 0 aliphatic rings. The van der Waals surface area contributed by atoms with Crippen LogP contribution >= 0.6 is 0 Å². The minimum Gasteiger partial charge on any atom is -0.396 e. The maximum atomic E-state index is 11.5. The highest BCUT2D eigenvalue weighted by atomic mass is 32.2. The summed E-state index contributed by atoms with van der Waals surface area (Å²) in [7, 11) is -1.17. The van der Waals surface area contributed by atoms with Crippen LogP contribution in [0.4, 0.5) is 0 Å². The van der Waals surface area contributed by atoms with Crippen molar-refractivity contribution in [3.63, 3.8) is 0 Å². The summed E-state index contributed by atoms with van der Waals surface area (Å²) < 4.78 is 22.2. The topological polar surface area (TPSA) is 57.6 Å². The minimum atomic E-state index is -3.04. The van der Waals surface area contributed by atoms with E-state index in [4.69, 9.17) is 5.11 Å². The van der Waals surface area contributed by atoms with E-state index in [1.54, 1.807) is 13.8 Å². The number of hydrogen-bond acceptors (Lipinski definition) is 4. The lowest BCUT2D eigenvalue weighted by Crippen LogP contribution is -2.43. The zero-order valence-electron chi connectivity index (χ0n) is 10.3. The quantitative estimate of drug-likeness (QED) is 0.725. The van der Waals surface area contributed by atoms with Crippen molar-refractivity contribution in [3.8, 4) is 0 Å². The third-order valence-electron chi connectivity index (χ3n) is 2.59. The van der Waals surface area contributed by atoms with Crippen molar-refractivity contribution >= 4 is 9.84 Å². The van der Waals surface area contributed by atoms with Gasteiger partial charge in [0.15, 0.2) is 9.84 Å². The van der Waals surface area contributed by atoms with Crippen molar-refractivity contribution < 1.29 is 13.5 Å². The molecule has 0 heterocycles. The molecule has 0 aliphatic heterocycles. The Balaban J connectivity index is 4.35. The van der Waals surface area contributed by atoms with Crippen molar-refractivity contribution in [1.82, 2.24) is 4.90 Å². The second-order valence-corrected chi connectivity index (χ2v) is 7.67. The molecule has 0 fully saturated rings. The third kappa shape index (κ3) is 4.95. The summed E-state index contributed by atoms with van der Waals surface area (Å²) in [6.07, 6.45) is 1.26. The van der Waals surface area contributed by atoms with Crippen LogP contribution in [0.5, 0.6) is 0 Å². The molecular weight excluding hydrogens is 214 g/mol. The number of aliphatic hydroxyl groups is 1. The summed E-state index contributed by atoms with van der Waals surface area (Å²) in [6, 6.07) is 0. The largest absolute Gasteiger partial charge is 0.396 e. The third-order valence-corrected chi connectivity index (χ3v) is 4.73. The molecule has 15 heavy (non-hydrogen) atoms. The van der Waals surface area contributed by atoms with Gasteiger partial charge in [0.2, 0.25) is 0 Å². The fourth-order valence-electron chi connectivity index (χ4n) is 1.42. The smallest absolute Gasteiger partial charge is 0.153 e. The Hall–Kier alpha value is -0.130. The molecule has 92 valence electrons. The summed E-state index contributed by atoms with van der Waals surface area (Å²) >= 11 is 0. The first-order valence-corrected chi connectivity index (χ1v) is 6.98. The van der Waals surface area contributed by atoms with E-state index in [-0.39, 0.29) is 12.5 Å². The van der Waals surface area contributed by atoms with E-state index in [1.807, 2.05) is 18.9 Å². The molecule has 0 spiro atoms. The minimum absolute atomic E-state index is 0.129. The molecule has 5 heteroatoms. The summed E-state index contributed by atoms with van der Waals surface area (Å²) in [5.41, 5.74) is 0. The van der Waals surface area contributed by atoms with E-state index in [1.165, 1.54) is 6.26 Å². The van der Waals surface area contributed by atoms with Gasteiger partial charge in [0.05, 0.1) is 4.75 Å². The van der Waals surface area contributed by atoms with E-state index in [2.05, 4.69) is 0 Å². The van der Waals surface area contributed by atoms with Crippen molar-refractivity contribution in [2.75, 3.05) is 33.0 Å². The summed E-state index contributed by atoms with van der Waals surface area (Å²) in [5.74, 6) is 0.172. The zero-order valence-corrected chi connectivity index (χ0v) is 11.1. The lowest BCUT2D eigenvalue weighted by atomic mass is 10.1. The monoisotopic (exact) mass is 237 g/mol. The molecule has 0 rings (SSSR count).